The van der Waals surface area contributed by atoms with Crippen molar-refractivity contribution in [2.24, 2.45) is 0 Å². The van der Waals surface area contributed by atoms with E-state index in [2.05, 4.69) is 5.32 Å². The predicted octanol–water partition coefficient (Wildman–Crippen LogP) is 3.49. The van der Waals surface area contributed by atoms with Crippen molar-refractivity contribution in [2.75, 3.05) is 11.6 Å². The molecule has 0 saturated carbocycles. The largest absolute Gasteiger partial charge is 0.449 e. The van der Waals surface area contributed by atoms with E-state index in [1.807, 2.05) is 0 Å². The molecule has 0 spiro atoms. The van der Waals surface area contributed by atoms with Crippen LogP contribution in [0.5, 0.6) is 0 Å². The zero-order chi connectivity index (χ0) is 21.9. The van der Waals surface area contributed by atoms with E-state index in [1.165, 1.54) is 19.1 Å². The van der Waals surface area contributed by atoms with Crippen LogP contribution in [0.15, 0.2) is 41.3 Å². The van der Waals surface area contributed by atoms with Gasteiger partial charge in [0.25, 0.3) is 11.6 Å². The van der Waals surface area contributed by atoms with E-state index < -0.39 is 43.3 Å². The number of sulfone groups is 1. The number of amides is 1. The number of halogens is 2. The van der Waals surface area contributed by atoms with Crippen molar-refractivity contribution in [3.05, 3.63) is 62.1 Å². The van der Waals surface area contributed by atoms with Gasteiger partial charge in [-0.2, -0.15) is 0 Å². The lowest BCUT2D eigenvalue weighted by atomic mass is 10.2. The zero-order valence-corrected chi connectivity index (χ0v) is 17.3. The Morgan fingerprint density at radius 1 is 1.21 bits per heavy atom. The molecule has 154 valence electrons. The number of nitro benzene ring substituents is 1. The number of nitro groups is 1. The van der Waals surface area contributed by atoms with Crippen molar-refractivity contribution < 1.29 is 27.7 Å². The van der Waals surface area contributed by atoms with Crippen molar-refractivity contribution in [1.29, 1.82) is 0 Å². The summed E-state index contributed by atoms with van der Waals surface area (Å²) in [6, 6.07) is 7.34. The Morgan fingerprint density at radius 2 is 1.86 bits per heavy atom. The molecule has 9 nitrogen and oxygen atoms in total. The highest BCUT2D eigenvalue weighted by atomic mass is 35.5. The van der Waals surface area contributed by atoms with Crippen LogP contribution in [-0.4, -0.2) is 37.6 Å². The van der Waals surface area contributed by atoms with E-state index in [4.69, 9.17) is 27.9 Å². The number of esters is 1. The summed E-state index contributed by atoms with van der Waals surface area (Å²) >= 11 is 11.8. The number of nitrogens with one attached hydrogen (secondary N) is 1. The Bertz CT molecular complexity index is 1100. The molecule has 0 unspecified atom stereocenters. The van der Waals surface area contributed by atoms with Gasteiger partial charge in [-0.15, -0.1) is 0 Å². The molecule has 0 saturated heterocycles. The van der Waals surface area contributed by atoms with Crippen LogP contribution in [0.1, 0.15) is 17.3 Å². The molecule has 0 aromatic heterocycles. The lowest BCUT2D eigenvalue weighted by Gasteiger charge is -2.14. The van der Waals surface area contributed by atoms with Crippen molar-refractivity contribution in [1.82, 2.24) is 0 Å². The van der Waals surface area contributed by atoms with Gasteiger partial charge in [0.05, 0.1) is 26.2 Å². The summed E-state index contributed by atoms with van der Waals surface area (Å²) in [6.45, 7) is 1.28. The molecule has 1 amide bonds. The Morgan fingerprint density at radius 3 is 2.45 bits per heavy atom. The summed E-state index contributed by atoms with van der Waals surface area (Å²) in [5.41, 5.74) is -0.852. The fraction of sp³-hybridized carbons (Fsp3) is 0.176. The number of benzene rings is 2. The third-order valence-electron chi connectivity index (χ3n) is 3.65. The molecule has 0 bridgehead atoms. The van der Waals surface area contributed by atoms with Gasteiger partial charge in [0.2, 0.25) is 0 Å². The first-order valence-corrected chi connectivity index (χ1v) is 10.5. The highest BCUT2D eigenvalue weighted by Gasteiger charge is 2.26. The van der Waals surface area contributed by atoms with Gasteiger partial charge < -0.3 is 10.1 Å². The lowest BCUT2D eigenvalue weighted by molar-refractivity contribution is -0.387. The number of ether oxygens (including phenoxy) is 1. The number of hydrogen-bond donors (Lipinski definition) is 1. The van der Waals surface area contributed by atoms with Crippen LogP contribution in [0.25, 0.3) is 0 Å². The molecule has 0 aliphatic rings. The average Bonchev–Trinajstić information content (AvgIpc) is 2.64. The Hall–Kier alpha value is -2.69. The minimum atomic E-state index is -3.88. The Kier molecular flexibility index (Phi) is 6.83. The quantitative estimate of drug-likeness (QED) is 0.396. The number of carbonyl (C=O) groups excluding carboxylic acids is 2. The first-order valence-electron chi connectivity index (χ1n) is 7.86. The normalized spacial score (nSPS) is 12.1. The minimum Gasteiger partial charge on any atom is -0.449 e. The van der Waals surface area contributed by atoms with Crippen molar-refractivity contribution in [3.8, 4) is 0 Å². The molecule has 0 fully saturated rings. The molecule has 0 aliphatic carbocycles. The van der Waals surface area contributed by atoms with Crippen LogP contribution in [0.3, 0.4) is 0 Å². The Balaban J connectivity index is 2.19. The van der Waals surface area contributed by atoms with Crippen molar-refractivity contribution in [2.45, 2.75) is 17.9 Å². The van der Waals surface area contributed by atoms with Crippen LogP contribution in [0, 0.1) is 10.1 Å². The van der Waals surface area contributed by atoms with Crippen LogP contribution in [0.4, 0.5) is 11.4 Å². The zero-order valence-electron chi connectivity index (χ0n) is 15.0. The fourth-order valence-corrected chi connectivity index (χ4v) is 3.39. The fourth-order valence-electron chi connectivity index (χ4n) is 2.22. The number of anilines is 1. The first kappa shape index (κ1) is 22.6. The number of nitrogens with zero attached hydrogens (tertiary/aromatic N) is 1. The molecule has 12 heteroatoms. The van der Waals surface area contributed by atoms with E-state index in [0.29, 0.717) is 0 Å². The number of hydrogen-bond acceptors (Lipinski definition) is 7. The molecule has 0 heterocycles. The second-order valence-electron chi connectivity index (χ2n) is 5.85. The minimum absolute atomic E-state index is 0.105. The van der Waals surface area contributed by atoms with Crippen LogP contribution < -0.4 is 5.32 Å². The summed E-state index contributed by atoms with van der Waals surface area (Å²) in [6.07, 6.45) is -0.480. The third-order valence-corrected chi connectivity index (χ3v) is 5.62. The molecular weight excluding hydrogens is 447 g/mol. The lowest BCUT2D eigenvalue weighted by Crippen LogP contribution is -2.30. The van der Waals surface area contributed by atoms with E-state index in [-0.39, 0.29) is 21.3 Å². The molecule has 1 N–H and O–H groups in total. The summed E-state index contributed by atoms with van der Waals surface area (Å²) < 4.78 is 28.3. The van der Waals surface area contributed by atoms with E-state index >= 15 is 0 Å². The molecule has 2 rings (SSSR count). The molecule has 2 aromatic rings. The predicted molar refractivity (Wildman–Crippen MR) is 106 cm³/mol. The Labute approximate surface area is 175 Å². The topological polar surface area (TPSA) is 133 Å². The van der Waals surface area contributed by atoms with E-state index in [9.17, 15) is 28.1 Å². The molecule has 29 heavy (non-hydrogen) atoms. The summed E-state index contributed by atoms with van der Waals surface area (Å²) in [5, 5.41) is 13.9. The summed E-state index contributed by atoms with van der Waals surface area (Å²) in [7, 11) is -3.88. The van der Waals surface area contributed by atoms with Crippen molar-refractivity contribution in [3.63, 3.8) is 0 Å². The monoisotopic (exact) mass is 460 g/mol. The summed E-state index contributed by atoms with van der Waals surface area (Å²) in [5.74, 6) is -1.77. The van der Waals surface area contributed by atoms with Crippen molar-refractivity contribution >= 4 is 56.3 Å². The van der Waals surface area contributed by atoms with Gasteiger partial charge in [-0.3, -0.25) is 14.9 Å². The molecule has 1 atom stereocenters. The summed E-state index contributed by atoms with van der Waals surface area (Å²) in [4.78, 5) is 34.1. The number of carbonyl (C=O) groups is 2. The van der Waals surface area contributed by atoms with Gasteiger partial charge in [-0.05, 0) is 31.2 Å². The first-order chi connectivity index (χ1) is 13.4. The van der Waals surface area contributed by atoms with Gasteiger partial charge in [-0.1, -0.05) is 29.3 Å². The molecule has 0 radical (unpaired) electrons. The molecular formula is C17H14Cl2N2O7S. The van der Waals surface area contributed by atoms with Gasteiger partial charge >= 0.3 is 5.97 Å². The van der Waals surface area contributed by atoms with Crippen LogP contribution in [-0.2, 0) is 19.4 Å². The maximum atomic E-state index is 12.2. The maximum absolute atomic E-state index is 12.2. The van der Waals surface area contributed by atoms with E-state index in [1.54, 1.807) is 6.07 Å². The van der Waals surface area contributed by atoms with Gasteiger partial charge in [-0.25, -0.2) is 13.2 Å². The second kappa shape index (κ2) is 8.76. The average molecular weight is 461 g/mol. The smallest absolute Gasteiger partial charge is 0.339 e. The van der Waals surface area contributed by atoms with Crippen LogP contribution in [0.2, 0.25) is 10.0 Å². The maximum Gasteiger partial charge on any atom is 0.339 e. The van der Waals surface area contributed by atoms with Gasteiger partial charge in [0.15, 0.2) is 15.9 Å². The van der Waals surface area contributed by atoms with Crippen LogP contribution >= 0.6 is 23.2 Å². The standard InChI is InChI=1S/C17H14Cl2N2O7S/c1-9(16(22)20-12-5-3-4-11(18)15(12)19)28-17(23)10-6-7-14(29(2,26)27)13(8-10)21(24)25/h3-9H,1-2H3,(H,20,22)/t9-/m0/s1. The highest BCUT2D eigenvalue weighted by Crippen LogP contribution is 2.30. The highest BCUT2D eigenvalue weighted by molar-refractivity contribution is 7.90. The SMILES string of the molecule is C[C@H](OC(=O)c1ccc(S(C)(=O)=O)c([N+](=O)[O-])c1)C(=O)Nc1cccc(Cl)c1Cl. The van der Waals surface area contributed by atoms with Gasteiger partial charge in [0.1, 0.15) is 4.90 Å². The molecule has 2 aromatic carbocycles. The van der Waals surface area contributed by atoms with Gasteiger partial charge in [0, 0.05) is 12.3 Å². The number of rotatable bonds is 6. The molecule has 0 aliphatic heterocycles. The van der Waals surface area contributed by atoms with E-state index in [0.717, 1.165) is 24.5 Å². The third kappa shape index (κ3) is 5.43. The second-order valence-corrected chi connectivity index (χ2v) is 8.62.